The van der Waals surface area contributed by atoms with E-state index < -0.39 is 30.1 Å². The summed E-state index contributed by atoms with van der Waals surface area (Å²) in [4.78, 5) is 28.3. The van der Waals surface area contributed by atoms with Crippen LogP contribution in [0.15, 0.2) is 0 Å². The van der Waals surface area contributed by atoms with Crippen molar-refractivity contribution in [2.45, 2.75) is 19.1 Å². The van der Waals surface area contributed by atoms with E-state index in [1.165, 1.54) is 6.92 Å². The second kappa shape index (κ2) is 13.3. The van der Waals surface area contributed by atoms with Crippen molar-refractivity contribution in [1.29, 1.82) is 0 Å². The van der Waals surface area contributed by atoms with Gasteiger partial charge in [0.2, 0.25) is 0 Å². The van der Waals surface area contributed by atoms with Crippen molar-refractivity contribution in [3.05, 3.63) is 0 Å². The summed E-state index contributed by atoms with van der Waals surface area (Å²) in [5.41, 5.74) is 14.1. The normalized spacial score (nSPS) is 11.8. The molecule has 0 aliphatic carbocycles. The van der Waals surface area contributed by atoms with Crippen molar-refractivity contribution in [2.75, 3.05) is 13.1 Å². The Morgan fingerprint density at radius 3 is 1.22 bits per heavy atom. The maximum absolute atomic E-state index is 9.86. The highest BCUT2D eigenvalue weighted by Crippen LogP contribution is 1.85. The predicted molar refractivity (Wildman–Crippen MR) is 60.7 cm³/mol. The highest BCUT2D eigenvalue weighted by atomic mass is 16.4. The number of carbonyl (C=O) groups is 3. The zero-order valence-electron chi connectivity index (χ0n) is 9.81. The van der Waals surface area contributed by atoms with Gasteiger partial charge in [-0.15, -0.1) is 0 Å². The standard InChI is InChI=1S/C4H9NO3.2C2H5NO2/c1-2(6)3(5)4(7)8;2*3-1-2(4)5/h2-3,6H,5H2,1H3,(H,7,8);2*1,3H2,(H,4,5)/t2-,3+;;/m1../s1. The van der Waals surface area contributed by atoms with Gasteiger partial charge >= 0.3 is 17.9 Å². The maximum atomic E-state index is 9.86. The third-order valence-corrected chi connectivity index (χ3v) is 1.15. The fraction of sp³-hybridized carbons (Fsp3) is 0.625. The summed E-state index contributed by atoms with van der Waals surface area (Å²) in [7, 11) is 0. The first kappa shape index (κ1) is 21.5. The van der Waals surface area contributed by atoms with Gasteiger partial charge in [-0.05, 0) is 6.92 Å². The van der Waals surface area contributed by atoms with Gasteiger partial charge in [0, 0.05) is 0 Å². The molecule has 10 heteroatoms. The van der Waals surface area contributed by atoms with E-state index in [4.69, 9.17) is 26.2 Å². The molecule has 0 heterocycles. The molecular weight excluding hydrogens is 250 g/mol. The highest BCUT2D eigenvalue weighted by Gasteiger charge is 2.16. The lowest BCUT2D eigenvalue weighted by atomic mass is 10.2. The van der Waals surface area contributed by atoms with E-state index in [2.05, 4.69) is 11.5 Å². The van der Waals surface area contributed by atoms with Crippen LogP contribution in [0.5, 0.6) is 0 Å². The number of hydrogen-bond acceptors (Lipinski definition) is 7. The predicted octanol–water partition coefficient (Wildman–Crippen LogP) is -3.16. The summed E-state index contributed by atoms with van der Waals surface area (Å²) in [6.45, 7) is 0.777. The van der Waals surface area contributed by atoms with E-state index in [1.54, 1.807) is 0 Å². The Bertz CT molecular complexity index is 243. The first-order valence-electron chi connectivity index (χ1n) is 4.60. The summed E-state index contributed by atoms with van der Waals surface area (Å²) < 4.78 is 0. The molecule has 0 aromatic rings. The van der Waals surface area contributed by atoms with Crippen LogP contribution in [-0.4, -0.2) is 63.6 Å². The smallest absolute Gasteiger partial charge is 0.323 e. The number of hydrogen-bond donors (Lipinski definition) is 7. The number of aliphatic carboxylic acids is 3. The third-order valence-electron chi connectivity index (χ3n) is 1.15. The Hall–Kier alpha value is -1.75. The van der Waals surface area contributed by atoms with Gasteiger partial charge in [0.05, 0.1) is 19.2 Å². The molecule has 2 atom stereocenters. The molecule has 0 spiro atoms. The number of carboxylic acids is 3. The minimum absolute atomic E-state index is 0.278. The first-order valence-corrected chi connectivity index (χ1v) is 4.60. The molecule has 0 rings (SSSR count). The number of carboxylic acid groups (broad SMARTS) is 3. The minimum Gasteiger partial charge on any atom is -0.480 e. The SMILES string of the molecule is C[C@@H](O)[C@H](N)C(=O)O.NCC(=O)O.NCC(=O)O. The Kier molecular flexibility index (Phi) is 15.9. The van der Waals surface area contributed by atoms with Crippen molar-refractivity contribution < 1.29 is 34.8 Å². The number of aliphatic hydroxyl groups is 1. The Balaban J connectivity index is -0.000000197. The van der Waals surface area contributed by atoms with Crippen LogP contribution in [0.4, 0.5) is 0 Å². The zero-order valence-corrected chi connectivity index (χ0v) is 9.81. The van der Waals surface area contributed by atoms with Crippen LogP contribution < -0.4 is 17.2 Å². The molecule has 0 aromatic carbocycles. The summed E-state index contributed by atoms with van der Waals surface area (Å²) in [5, 5.41) is 31.7. The lowest BCUT2D eigenvalue weighted by molar-refractivity contribution is -0.141. The molecule has 18 heavy (non-hydrogen) atoms. The summed E-state index contributed by atoms with van der Waals surface area (Å²) in [6.07, 6.45) is -0.979. The monoisotopic (exact) mass is 269 g/mol. The number of aliphatic hydroxyl groups excluding tert-OH is 1. The maximum Gasteiger partial charge on any atom is 0.323 e. The van der Waals surface area contributed by atoms with Gasteiger partial charge in [0.15, 0.2) is 0 Å². The Morgan fingerprint density at radius 2 is 1.22 bits per heavy atom. The Labute approximate surface area is 103 Å². The van der Waals surface area contributed by atoms with E-state index in [0.717, 1.165) is 0 Å². The fourth-order valence-corrected chi connectivity index (χ4v) is 0.206. The van der Waals surface area contributed by atoms with Gasteiger partial charge in [0.1, 0.15) is 6.04 Å². The van der Waals surface area contributed by atoms with E-state index in [0.29, 0.717) is 0 Å². The Morgan fingerprint density at radius 1 is 1.00 bits per heavy atom. The molecule has 0 radical (unpaired) electrons. The summed E-state index contributed by atoms with van der Waals surface area (Å²) >= 11 is 0. The van der Waals surface area contributed by atoms with Crippen LogP contribution in [0.3, 0.4) is 0 Å². The van der Waals surface area contributed by atoms with Crippen LogP contribution >= 0.6 is 0 Å². The zero-order chi connectivity index (χ0) is 15.3. The molecular formula is C8H19N3O7. The van der Waals surface area contributed by atoms with E-state index in [9.17, 15) is 14.4 Å². The van der Waals surface area contributed by atoms with Crippen molar-refractivity contribution in [1.82, 2.24) is 0 Å². The lowest BCUT2D eigenvalue weighted by Crippen LogP contribution is -2.39. The molecule has 0 aromatic heterocycles. The minimum atomic E-state index is -1.18. The van der Waals surface area contributed by atoms with Crippen LogP contribution in [0.25, 0.3) is 0 Å². The largest absolute Gasteiger partial charge is 0.480 e. The molecule has 0 aliphatic heterocycles. The molecule has 0 unspecified atom stereocenters. The van der Waals surface area contributed by atoms with Crippen molar-refractivity contribution in [3.8, 4) is 0 Å². The second-order valence-corrected chi connectivity index (χ2v) is 2.80. The molecule has 0 saturated heterocycles. The van der Waals surface area contributed by atoms with E-state index >= 15 is 0 Å². The molecule has 0 bridgehead atoms. The number of nitrogens with two attached hydrogens (primary N) is 3. The topological polar surface area (TPSA) is 210 Å². The van der Waals surface area contributed by atoms with Crippen molar-refractivity contribution in [2.24, 2.45) is 17.2 Å². The molecule has 0 aliphatic rings. The van der Waals surface area contributed by atoms with Crippen LogP contribution in [0.2, 0.25) is 0 Å². The van der Waals surface area contributed by atoms with Crippen molar-refractivity contribution in [3.63, 3.8) is 0 Å². The average Bonchev–Trinajstić information content (AvgIpc) is 2.29. The number of rotatable bonds is 4. The molecule has 0 fully saturated rings. The van der Waals surface area contributed by atoms with Crippen LogP contribution in [-0.2, 0) is 14.4 Å². The molecule has 10 nitrogen and oxygen atoms in total. The van der Waals surface area contributed by atoms with Crippen LogP contribution in [0, 0.1) is 0 Å². The van der Waals surface area contributed by atoms with Gasteiger partial charge in [0.25, 0.3) is 0 Å². The van der Waals surface area contributed by atoms with Gasteiger partial charge in [-0.1, -0.05) is 0 Å². The van der Waals surface area contributed by atoms with E-state index in [1.807, 2.05) is 0 Å². The van der Waals surface area contributed by atoms with Crippen LogP contribution in [0.1, 0.15) is 6.92 Å². The first-order chi connectivity index (χ1) is 8.09. The second-order valence-electron chi connectivity index (χ2n) is 2.80. The fourth-order valence-electron chi connectivity index (χ4n) is 0.206. The van der Waals surface area contributed by atoms with Gasteiger partial charge < -0.3 is 37.6 Å². The molecule has 0 amide bonds. The quantitative estimate of drug-likeness (QED) is 0.272. The highest BCUT2D eigenvalue weighted by molar-refractivity contribution is 5.73. The average molecular weight is 269 g/mol. The lowest BCUT2D eigenvalue weighted by Gasteiger charge is -2.06. The van der Waals surface area contributed by atoms with E-state index in [-0.39, 0.29) is 13.1 Å². The van der Waals surface area contributed by atoms with Gasteiger partial charge in [-0.2, -0.15) is 0 Å². The molecule has 0 saturated carbocycles. The third kappa shape index (κ3) is 23.8. The molecule has 108 valence electrons. The van der Waals surface area contributed by atoms with Gasteiger partial charge in [-0.3, -0.25) is 14.4 Å². The van der Waals surface area contributed by atoms with Crippen molar-refractivity contribution >= 4 is 17.9 Å². The molecule has 10 N–H and O–H groups in total. The summed E-state index contributed by atoms with van der Waals surface area (Å²) in [6, 6.07) is -1.16. The van der Waals surface area contributed by atoms with Gasteiger partial charge in [-0.25, -0.2) is 0 Å². The summed E-state index contributed by atoms with van der Waals surface area (Å²) in [5.74, 6) is -3.12.